The van der Waals surface area contributed by atoms with Crippen LogP contribution in [-0.4, -0.2) is 35.9 Å². The number of benzene rings is 1. The molecule has 32 heavy (non-hydrogen) atoms. The van der Waals surface area contributed by atoms with Gasteiger partial charge in [-0.2, -0.15) is 0 Å². The molecule has 0 bridgehead atoms. The summed E-state index contributed by atoms with van der Waals surface area (Å²) in [5, 5.41) is 0. The van der Waals surface area contributed by atoms with Gasteiger partial charge in [-0.25, -0.2) is 8.42 Å². The van der Waals surface area contributed by atoms with E-state index in [1.807, 2.05) is 6.07 Å². The number of carbonyl (C=O) groups excluding carboxylic acids is 1. The van der Waals surface area contributed by atoms with Crippen molar-refractivity contribution >= 4 is 16.0 Å². The predicted octanol–water partition coefficient (Wildman–Crippen LogP) is 1.71. The minimum absolute atomic E-state index is 0. The van der Waals surface area contributed by atoms with Gasteiger partial charge in [0, 0.05) is 18.0 Å². The molecule has 0 radical (unpaired) electrons. The summed E-state index contributed by atoms with van der Waals surface area (Å²) < 4.78 is 34.4. The fourth-order valence-electron chi connectivity index (χ4n) is 7.41. The number of amides is 1. The molecule has 0 saturated heterocycles. The standard InChI is InChI=1S/C25H37NO4S.K/c1-15(2)26(16(3)4)24(27)23-11-10-22-21-8-6-17-14-18(31(28,29)30)7-9-19(17)20(21)12-13-25(22,23)5;/h7,9,14-16,20-23H,6,8,10-13H2,1-5H3,(H,28,29,30);/q;+1/p-1/t20?,21?,22?,23-,25+;/m1./s1. The molecule has 5 nitrogen and oxygen atoms in total. The van der Waals surface area contributed by atoms with Gasteiger partial charge in [0.2, 0.25) is 5.91 Å². The van der Waals surface area contributed by atoms with E-state index in [2.05, 4.69) is 39.5 Å². The van der Waals surface area contributed by atoms with E-state index < -0.39 is 10.1 Å². The molecule has 0 aliphatic heterocycles. The van der Waals surface area contributed by atoms with Crippen molar-refractivity contribution in [3.8, 4) is 0 Å². The largest absolute Gasteiger partial charge is 1.00 e. The summed E-state index contributed by atoms with van der Waals surface area (Å²) in [5.74, 6) is 1.89. The van der Waals surface area contributed by atoms with Gasteiger partial charge in [-0.1, -0.05) is 13.0 Å². The fraction of sp³-hybridized carbons (Fsp3) is 0.720. The number of rotatable bonds is 4. The topological polar surface area (TPSA) is 77.5 Å². The van der Waals surface area contributed by atoms with Gasteiger partial charge in [0.05, 0.1) is 4.90 Å². The maximum atomic E-state index is 13.6. The van der Waals surface area contributed by atoms with Gasteiger partial charge < -0.3 is 9.45 Å². The van der Waals surface area contributed by atoms with Crippen molar-refractivity contribution in [3.05, 3.63) is 29.3 Å². The average Bonchev–Trinajstić information content (AvgIpc) is 3.03. The van der Waals surface area contributed by atoms with Crippen LogP contribution in [0.3, 0.4) is 0 Å². The third-order valence-electron chi connectivity index (χ3n) is 8.65. The maximum Gasteiger partial charge on any atom is 1.00 e. The molecule has 3 aliphatic carbocycles. The van der Waals surface area contributed by atoms with Gasteiger partial charge in [0.15, 0.2) is 0 Å². The van der Waals surface area contributed by atoms with Crippen molar-refractivity contribution in [1.82, 2.24) is 4.90 Å². The quantitative estimate of drug-likeness (QED) is 0.481. The molecule has 0 N–H and O–H groups in total. The molecular formula is C25H36KNO4S. The Labute approximate surface area is 236 Å². The summed E-state index contributed by atoms with van der Waals surface area (Å²) in [6.07, 6.45) is 5.95. The Balaban J connectivity index is 0.00000289. The first-order chi connectivity index (χ1) is 14.4. The summed E-state index contributed by atoms with van der Waals surface area (Å²) in [6, 6.07) is 5.39. The van der Waals surface area contributed by atoms with Crippen molar-refractivity contribution in [1.29, 1.82) is 0 Å². The minimum atomic E-state index is -4.42. The van der Waals surface area contributed by atoms with Crippen molar-refractivity contribution in [2.75, 3.05) is 0 Å². The first-order valence-corrected chi connectivity index (χ1v) is 13.3. The Hall–Kier alpha value is 0.236. The van der Waals surface area contributed by atoms with Gasteiger partial charge in [-0.15, -0.1) is 0 Å². The maximum absolute atomic E-state index is 13.6. The second kappa shape index (κ2) is 9.71. The van der Waals surface area contributed by atoms with Crippen LogP contribution in [0.5, 0.6) is 0 Å². The summed E-state index contributed by atoms with van der Waals surface area (Å²) >= 11 is 0. The van der Waals surface area contributed by atoms with E-state index in [1.54, 1.807) is 6.07 Å². The van der Waals surface area contributed by atoms with Crippen molar-refractivity contribution in [2.24, 2.45) is 23.2 Å². The van der Waals surface area contributed by atoms with Gasteiger partial charge in [-0.3, -0.25) is 4.79 Å². The van der Waals surface area contributed by atoms with Crippen LogP contribution in [0.15, 0.2) is 23.1 Å². The van der Waals surface area contributed by atoms with Crippen molar-refractivity contribution in [3.63, 3.8) is 0 Å². The molecule has 3 aliphatic rings. The van der Waals surface area contributed by atoms with Crippen LogP contribution in [-0.2, 0) is 21.3 Å². The number of fused-ring (bicyclic) bond motifs is 5. The van der Waals surface area contributed by atoms with Crippen LogP contribution in [0.4, 0.5) is 0 Å². The van der Waals surface area contributed by atoms with E-state index in [0.29, 0.717) is 23.7 Å². The van der Waals surface area contributed by atoms with Crippen LogP contribution in [0.25, 0.3) is 0 Å². The smallest absolute Gasteiger partial charge is 0.744 e. The molecule has 2 fully saturated rings. The Morgan fingerprint density at radius 2 is 1.75 bits per heavy atom. The third-order valence-corrected chi connectivity index (χ3v) is 9.48. The third kappa shape index (κ3) is 4.57. The zero-order valence-electron chi connectivity index (χ0n) is 20.4. The van der Waals surface area contributed by atoms with Gasteiger partial charge in [0.1, 0.15) is 10.1 Å². The van der Waals surface area contributed by atoms with Crippen LogP contribution < -0.4 is 51.4 Å². The molecule has 4 rings (SSSR count). The normalized spacial score (nSPS) is 31.5. The van der Waals surface area contributed by atoms with E-state index in [-0.39, 0.29) is 79.7 Å². The second-order valence-corrected chi connectivity index (χ2v) is 12.2. The van der Waals surface area contributed by atoms with Crippen LogP contribution >= 0.6 is 0 Å². The molecule has 3 unspecified atom stereocenters. The van der Waals surface area contributed by atoms with Gasteiger partial charge >= 0.3 is 51.4 Å². The molecule has 1 aromatic carbocycles. The number of aryl methyl sites for hydroxylation is 1. The van der Waals surface area contributed by atoms with Gasteiger partial charge in [0.25, 0.3) is 0 Å². The molecule has 0 spiro atoms. The van der Waals surface area contributed by atoms with Crippen molar-refractivity contribution in [2.45, 2.75) is 96.0 Å². The van der Waals surface area contributed by atoms with Crippen LogP contribution in [0.2, 0.25) is 0 Å². The summed E-state index contributed by atoms with van der Waals surface area (Å²) in [5.41, 5.74) is 2.29. The van der Waals surface area contributed by atoms with Crippen molar-refractivity contribution < 1.29 is 69.1 Å². The average molecular weight is 486 g/mol. The number of hydrogen-bond donors (Lipinski definition) is 0. The molecule has 5 atom stereocenters. The summed E-state index contributed by atoms with van der Waals surface area (Å²) in [4.78, 5) is 15.6. The molecule has 1 amide bonds. The van der Waals surface area contributed by atoms with Crippen LogP contribution in [0.1, 0.15) is 83.8 Å². The van der Waals surface area contributed by atoms with E-state index in [1.165, 1.54) is 11.6 Å². The summed E-state index contributed by atoms with van der Waals surface area (Å²) in [7, 11) is -4.42. The zero-order valence-corrected chi connectivity index (χ0v) is 24.4. The van der Waals surface area contributed by atoms with E-state index in [0.717, 1.165) is 44.1 Å². The number of carbonyl (C=O) groups is 1. The Bertz CT molecular complexity index is 968. The SMILES string of the molecule is CC(C)N(C(=O)[C@H]1CCC2C3CCc4cc(S(=O)(=O)[O-])ccc4C3CC[C@@]21C)C(C)C.[K+]. The Morgan fingerprint density at radius 3 is 2.34 bits per heavy atom. The van der Waals surface area contributed by atoms with E-state index in [4.69, 9.17) is 0 Å². The zero-order chi connectivity index (χ0) is 22.7. The van der Waals surface area contributed by atoms with E-state index >= 15 is 0 Å². The Kier molecular flexibility index (Phi) is 8.14. The van der Waals surface area contributed by atoms with E-state index in [9.17, 15) is 17.8 Å². The number of nitrogens with zero attached hydrogens (tertiary/aromatic N) is 1. The second-order valence-electron chi connectivity index (χ2n) is 10.8. The molecule has 0 heterocycles. The molecule has 7 heteroatoms. The molecule has 1 aromatic rings. The molecule has 172 valence electrons. The first-order valence-electron chi connectivity index (χ1n) is 11.9. The first kappa shape index (κ1) is 26.8. The minimum Gasteiger partial charge on any atom is -0.744 e. The monoisotopic (exact) mass is 485 g/mol. The molecule has 2 saturated carbocycles. The molecular weight excluding hydrogens is 449 g/mol. The van der Waals surface area contributed by atoms with Crippen LogP contribution in [0, 0.1) is 23.2 Å². The Morgan fingerprint density at radius 1 is 1.09 bits per heavy atom. The summed E-state index contributed by atoms with van der Waals surface area (Å²) in [6.45, 7) is 10.8. The fourth-order valence-corrected chi connectivity index (χ4v) is 7.93. The predicted molar refractivity (Wildman–Crippen MR) is 120 cm³/mol. The number of hydrogen-bond acceptors (Lipinski definition) is 4. The van der Waals surface area contributed by atoms with Gasteiger partial charge in [-0.05, 0) is 113 Å². The molecule has 0 aromatic heterocycles.